The molecule has 0 aliphatic rings. The lowest BCUT2D eigenvalue weighted by atomic mass is 10.1. The van der Waals surface area contributed by atoms with Gasteiger partial charge in [-0.05, 0) is 31.2 Å². The van der Waals surface area contributed by atoms with E-state index in [1.54, 1.807) is 32.7 Å². The summed E-state index contributed by atoms with van der Waals surface area (Å²) < 4.78 is 19.4. The highest BCUT2D eigenvalue weighted by Gasteiger charge is 2.14. The number of aromatic nitrogens is 1. The highest BCUT2D eigenvalue weighted by atomic mass is 32.1. The Morgan fingerprint density at radius 2 is 1.65 bits per heavy atom. The molecule has 0 spiro atoms. The molecule has 0 N–H and O–H groups in total. The molecule has 3 rings (SSSR count). The molecule has 0 aliphatic carbocycles. The normalized spacial score (nSPS) is 12.5. The fourth-order valence-corrected chi connectivity index (χ4v) is 3.61. The first kappa shape index (κ1) is 18.0. The van der Waals surface area contributed by atoms with Crippen molar-refractivity contribution in [2.75, 3.05) is 21.3 Å². The lowest BCUT2D eigenvalue weighted by Crippen LogP contribution is -2.09. The molecule has 3 aromatic rings. The van der Waals surface area contributed by atoms with E-state index >= 15 is 0 Å². The van der Waals surface area contributed by atoms with Gasteiger partial charge in [0.1, 0.15) is 0 Å². The van der Waals surface area contributed by atoms with Crippen LogP contribution < -0.4 is 19.0 Å². The summed E-state index contributed by atoms with van der Waals surface area (Å²) in [4.78, 5) is 0.831. The second kappa shape index (κ2) is 7.61. The molecule has 0 radical (unpaired) electrons. The number of benzene rings is 2. The minimum atomic E-state index is 0.555. The van der Waals surface area contributed by atoms with Crippen molar-refractivity contribution in [1.29, 1.82) is 0 Å². The molecule has 136 valence electrons. The third-order valence-corrected chi connectivity index (χ3v) is 5.19. The number of ether oxygens (including phenoxy) is 3. The molecule has 1 heterocycles. The van der Waals surface area contributed by atoms with Crippen molar-refractivity contribution in [3.8, 4) is 17.2 Å². The largest absolute Gasteiger partial charge is 0.493 e. The molecular formula is C19H21N3O3S. The summed E-state index contributed by atoms with van der Waals surface area (Å²) in [5.41, 5.74) is 2.74. The molecule has 2 aromatic carbocycles. The first-order valence-electron chi connectivity index (χ1n) is 8.02. The topological polar surface area (TPSA) is 57.3 Å². The summed E-state index contributed by atoms with van der Waals surface area (Å²) in [6.07, 6.45) is 0. The Morgan fingerprint density at radius 3 is 2.23 bits per heavy atom. The van der Waals surface area contributed by atoms with Gasteiger partial charge in [0.05, 0.1) is 37.3 Å². The number of thiazole rings is 1. The van der Waals surface area contributed by atoms with Gasteiger partial charge in [-0.2, -0.15) is 5.10 Å². The van der Waals surface area contributed by atoms with Crippen molar-refractivity contribution >= 4 is 27.3 Å². The molecule has 0 saturated heterocycles. The van der Waals surface area contributed by atoms with Crippen LogP contribution in [0.3, 0.4) is 0 Å². The van der Waals surface area contributed by atoms with E-state index in [1.807, 2.05) is 42.8 Å². The quantitative estimate of drug-likeness (QED) is 0.509. The Hall–Kier alpha value is -2.80. The van der Waals surface area contributed by atoms with Crippen LogP contribution in [0.5, 0.6) is 17.2 Å². The fourth-order valence-electron chi connectivity index (χ4n) is 2.64. The van der Waals surface area contributed by atoms with Crippen molar-refractivity contribution in [1.82, 2.24) is 4.57 Å². The minimum absolute atomic E-state index is 0.555. The van der Waals surface area contributed by atoms with E-state index in [4.69, 9.17) is 14.2 Å². The van der Waals surface area contributed by atoms with Crippen LogP contribution in [0.15, 0.2) is 46.6 Å². The zero-order chi connectivity index (χ0) is 18.7. The average Bonchev–Trinajstić information content (AvgIpc) is 3.00. The summed E-state index contributed by atoms with van der Waals surface area (Å²) in [7, 11) is 6.75. The molecule has 7 heteroatoms. The lowest BCUT2D eigenvalue weighted by molar-refractivity contribution is 0.324. The Balaban J connectivity index is 2.05. The Kier molecular flexibility index (Phi) is 5.27. The maximum atomic E-state index is 5.40. The SMILES string of the molecule is COc1cc(/C(C)=N\N=c2\sc3ccccc3n2C)cc(OC)c1OC. The molecule has 1 aromatic heterocycles. The third kappa shape index (κ3) is 3.30. The summed E-state index contributed by atoms with van der Waals surface area (Å²) in [5, 5.41) is 8.84. The van der Waals surface area contributed by atoms with Crippen LogP contribution in [-0.2, 0) is 7.05 Å². The van der Waals surface area contributed by atoms with Crippen LogP contribution in [0.25, 0.3) is 10.2 Å². The maximum Gasteiger partial charge on any atom is 0.211 e. The summed E-state index contributed by atoms with van der Waals surface area (Å²) in [6, 6.07) is 11.9. The number of rotatable bonds is 5. The van der Waals surface area contributed by atoms with Crippen molar-refractivity contribution in [3.05, 3.63) is 46.8 Å². The minimum Gasteiger partial charge on any atom is -0.493 e. The number of methoxy groups -OCH3 is 3. The molecule has 26 heavy (non-hydrogen) atoms. The van der Waals surface area contributed by atoms with Crippen molar-refractivity contribution < 1.29 is 14.2 Å². The van der Waals surface area contributed by atoms with E-state index in [0.29, 0.717) is 17.2 Å². The molecule has 0 atom stereocenters. The number of hydrogen-bond donors (Lipinski definition) is 0. The Bertz CT molecular complexity index is 1010. The van der Waals surface area contributed by atoms with Gasteiger partial charge in [0, 0.05) is 12.6 Å². The van der Waals surface area contributed by atoms with Gasteiger partial charge in [-0.1, -0.05) is 23.5 Å². The van der Waals surface area contributed by atoms with Crippen LogP contribution in [0, 0.1) is 0 Å². The van der Waals surface area contributed by atoms with E-state index in [9.17, 15) is 0 Å². The van der Waals surface area contributed by atoms with Crippen LogP contribution in [0.4, 0.5) is 0 Å². The van der Waals surface area contributed by atoms with Gasteiger partial charge in [0.2, 0.25) is 10.6 Å². The van der Waals surface area contributed by atoms with Gasteiger partial charge < -0.3 is 18.8 Å². The number of nitrogens with zero attached hydrogens (tertiary/aromatic N) is 3. The van der Waals surface area contributed by atoms with E-state index in [-0.39, 0.29) is 0 Å². The van der Waals surface area contributed by atoms with E-state index in [2.05, 4.69) is 22.3 Å². The number of aryl methyl sites for hydroxylation is 1. The van der Waals surface area contributed by atoms with Crippen LogP contribution in [0.2, 0.25) is 0 Å². The number of fused-ring (bicyclic) bond motifs is 1. The Morgan fingerprint density at radius 1 is 1.00 bits per heavy atom. The lowest BCUT2D eigenvalue weighted by Gasteiger charge is -2.13. The van der Waals surface area contributed by atoms with Crippen molar-refractivity contribution in [2.45, 2.75) is 6.92 Å². The van der Waals surface area contributed by atoms with Crippen molar-refractivity contribution in [2.24, 2.45) is 17.3 Å². The van der Waals surface area contributed by atoms with Crippen molar-refractivity contribution in [3.63, 3.8) is 0 Å². The molecule has 0 aliphatic heterocycles. The molecule has 0 fully saturated rings. The van der Waals surface area contributed by atoms with Crippen LogP contribution in [0.1, 0.15) is 12.5 Å². The highest BCUT2D eigenvalue weighted by molar-refractivity contribution is 7.16. The second-order valence-electron chi connectivity index (χ2n) is 5.61. The standard InChI is InChI=1S/C19H21N3O3S/c1-12(13-10-15(23-3)18(25-5)16(11-13)24-4)20-21-19-22(2)14-8-6-7-9-17(14)26-19/h6-11H,1-5H3/b20-12-,21-19+. The number of para-hydroxylation sites is 1. The van der Waals surface area contributed by atoms with Gasteiger partial charge in [-0.15, -0.1) is 5.10 Å². The predicted molar refractivity (Wildman–Crippen MR) is 105 cm³/mol. The van der Waals surface area contributed by atoms with E-state index in [0.717, 1.165) is 21.6 Å². The zero-order valence-electron chi connectivity index (χ0n) is 15.4. The van der Waals surface area contributed by atoms with Gasteiger partial charge in [-0.3, -0.25) is 0 Å². The van der Waals surface area contributed by atoms with E-state index in [1.165, 1.54) is 4.70 Å². The second-order valence-corrected chi connectivity index (χ2v) is 6.62. The molecule has 0 saturated carbocycles. The van der Waals surface area contributed by atoms with Gasteiger partial charge in [0.25, 0.3) is 0 Å². The van der Waals surface area contributed by atoms with E-state index < -0.39 is 0 Å². The predicted octanol–water partition coefficient (Wildman–Crippen LogP) is 3.59. The average molecular weight is 371 g/mol. The smallest absolute Gasteiger partial charge is 0.211 e. The first-order chi connectivity index (χ1) is 12.6. The van der Waals surface area contributed by atoms with Gasteiger partial charge in [0.15, 0.2) is 11.5 Å². The van der Waals surface area contributed by atoms with Crippen LogP contribution in [-0.4, -0.2) is 31.6 Å². The first-order valence-corrected chi connectivity index (χ1v) is 8.84. The fraction of sp³-hybridized carbons (Fsp3) is 0.263. The van der Waals surface area contributed by atoms with Crippen LogP contribution >= 0.6 is 11.3 Å². The highest BCUT2D eigenvalue weighted by Crippen LogP contribution is 2.38. The molecule has 6 nitrogen and oxygen atoms in total. The van der Waals surface area contributed by atoms with Gasteiger partial charge >= 0.3 is 0 Å². The maximum absolute atomic E-state index is 5.40. The van der Waals surface area contributed by atoms with Gasteiger partial charge in [-0.25, -0.2) is 0 Å². The number of hydrogen-bond acceptors (Lipinski definition) is 6. The molecule has 0 unspecified atom stereocenters. The molecule has 0 bridgehead atoms. The molecule has 0 amide bonds. The summed E-state index contributed by atoms with van der Waals surface area (Å²) in [5.74, 6) is 1.73. The Labute approximate surface area is 156 Å². The molecular weight excluding hydrogens is 350 g/mol. The monoisotopic (exact) mass is 371 g/mol. The zero-order valence-corrected chi connectivity index (χ0v) is 16.3. The third-order valence-electron chi connectivity index (χ3n) is 4.08. The summed E-state index contributed by atoms with van der Waals surface area (Å²) in [6.45, 7) is 1.90. The summed E-state index contributed by atoms with van der Waals surface area (Å²) >= 11 is 1.60.